The van der Waals surface area contributed by atoms with E-state index in [0.717, 1.165) is 32.9 Å². The molecule has 3 aromatic rings. The van der Waals surface area contributed by atoms with E-state index in [9.17, 15) is 18.0 Å². The third-order valence-electron chi connectivity index (χ3n) is 3.94. The third kappa shape index (κ3) is 5.65. The highest BCUT2D eigenvalue weighted by Crippen LogP contribution is 2.32. The molecule has 0 bridgehead atoms. The minimum atomic E-state index is -4.53. The lowest BCUT2D eigenvalue weighted by atomic mass is 10.0. The number of hydrogen-bond donors (Lipinski definition) is 2. The van der Waals surface area contributed by atoms with Crippen molar-refractivity contribution in [1.29, 1.82) is 0 Å². The van der Waals surface area contributed by atoms with E-state index in [2.05, 4.69) is 15.0 Å². The Morgan fingerprint density at radius 3 is 2.48 bits per heavy atom. The van der Waals surface area contributed by atoms with Crippen LogP contribution in [-0.4, -0.2) is 10.9 Å². The highest BCUT2D eigenvalue weighted by atomic mass is 35.5. The molecule has 1 aromatic heterocycles. The molecule has 0 aliphatic rings. The van der Waals surface area contributed by atoms with Gasteiger partial charge in [-0.1, -0.05) is 35.9 Å². The number of anilines is 2. The monoisotopic (exact) mass is 457 g/mol. The van der Waals surface area contributed by atoms with Crippen LogP contribution in [-0.2, 0) is 11.0 Å². The Kier molecular flexibility index (Phi) is 6.71. The van der Waals surface area contributed by atoms with Crippen LogP contribution in [0, 0.1) is 0 Å². The second-order valence-corrected chi connectivity index (χ2v) is 8.12. The van der Waals surface area contributed by atoms with E-state index in [1.54, 1.807) is 25.1 Å². The SMILES string of the molecule is CC(C(=O)Nc1nc(C(F)(F)F)cs1)c1ccc(NSc2ccccc2Cl)cc1. The zero-order chi connectivity index (χ0) is 21.0. The summed E-state index contributed by atoms with van der Waals surface area (Å²) >= 11 is 8.22. The molecule has 0 aliphatic heterocycles. The fourth-order valence-corrected chi connectivity index (χ4v) is 3.96. The number of rotatable bonds is 6. The Morgan fingerprint density at radius 2 is 1.86 bits per heavy atom. The van der Waals surface area contributed by atoms with Gasteiger partial charge >= 0.3 is 6.18 Å². The number of thiazole rings is 1. The molecule has 152 valence electrons. The van der Waals surface area contributed by atoms with E-state index >= 15 is 0 Å². The minimum Gasteiger partial charge on any atom is -0.326 e. The van der Waals surface area contributed by atoms with Gasteiger partial charge in [-0.15, -0.1) is 11.3 Å². The number of hydrogen-bond acceptors (Lipinski definition) is 5. The van der Waals surface area contributed by atoms with Crippen molar-refractivity contribution in [3.63, 3.8) is 0 Å². The molecule has 1 heterocycles. The van der Waals surface area contributed by atoms with Crippen molar-refractivity contribution in [2.45, 2.75) is 23.9 Å². The summed E-state index contributed by atoms with van der Waals surface area (Å²) in [5, 5.41) is 3.87. The predicted octanol–water partition coefficient (Wildman–Crippen LogP) is 6.68. The number of carbonyl (C=O) groups excluding carboxylic acids is 1. The fraction of sp³-hybridized carbons (Fsp3) is 0.158. The number of carbonyl (C=O) groups is 1. The molecule has 0 spiro atoms. The van der Waals surface area contributed by atoms with Crippen molar-refractivity contribution in [2.75, 3.05) is 10.0 Å². The molecule has 2 N–H and O–H groups in total. The van der Waals surface area contributed by atoms with Crippen molar-refractivity contribution in [3.05, 3.63) is 70.2 Å². The normalized spacial score (nSPS) is 12.4. The molecule has 29 heavy (non-hydrogen) atoms. The lowest BCUT2D eigenvalue weighted by molar-refractivity contribution is -0.140. The Morgan fingerprint density at radius 1 is 1.17 bits per heavy atom. The summed E-state index contributed by atoms with van der Waals surface area (Å²) in [5.41, 5.74) is 0.529. The van der Waals surface area contributed by atoms with Gasteiger partial charge in [0.15, 0.2) is 10.8 Å². The van der Waals surface area contributed by atoms with E-state index in [-0.39, 0.29) is 5.13 Å². The molecular formula is C19H15ClF3N3OS2. The summed E-state index contributed by atoms with van der Waals surface area (Å²) in [7, 11) is 0. The average Bonchev–Trinajstić information content (AvgIpc) is 3.16. The molecular weight excluding hydrogens is 443 g/mol. The molecule has 4 nitrogen and oxygen atoms in total. The molecule has 2 aromatic carbocycles. The van der Waals surface area contributed by atoms with E-state index in [1.807, 2.05) is 30.3 Å². The summed E-state index contributed by atoms with van der Waals surface area (Å²) < 4.78 is 41.0. The molecule has 3 rings (SSSR count). The second kappa shape index (κ2) is 9.06. The lowest BCUT2D eigenvalue weighted by Crippen LogP contribution is -2.19. The van der Waals surface area contributed by atoms with Crippen LogP contribution in [0.5, 0.6) is 0 Å². The molecule has 0 saturated carbocycles. The van der Waals surface area contributed by atoms with Gasteiger partial charge in [-0.2, -0.15) is 13.2 Å². The van der Waals surface area contributed by atoms with Crippen molar-refractivity contribution >= 4 is 51.6 Å². The topological polar surface area (TPSA) is 54.0 Å². The van der Waals surface area contributed by atoms with Gasteiger partial charge in [-0.25, -0.2) is 4.98 Å². The van der Waals surface area contributed by atoms with Crippen LogP contribution in [0.1, 0.15) is 24.1 Å². The summed E-state index contributed by atoms with van der Waals surface area (Å²) in [6.07, 6.45) is -4.53. The van der Waals surface area contributed by atoms with Crippen LogP contribution in [0.3, 0.4) is 0 Å². The minimum absolute atomic E-state index is 0.0800. The first-order chi connectivity index (χ1) is 13.7. The zero-order valence-corrected chi connectivity index (χ0v) is 17.3. The molecule has 1 unspecified atom stereocenters. The summed E-state index contributed by atoms with van der Waals surface area (Å²) in [6.45, 7) is 1.68. The third-order valence-corrected chi connectivity index (χ3v) is 6.06. The van der Waals surface area contributed by atoms with Crippen LogP contribution < -0.4 is 10.0 Å². The van der Waals surface area contributed by atoms with Crippen LogP contribution >= 0.6 is 34.9 Å². The number of alkyl halides is 3. The van der Waals surface area contributed by atoms with Gasteiger partial charge in [0.2, 0.25) is 5.91 Å². The number of benzene rings is 2. The van der Waals surface area contributed by atoms with Gasteiger partial charge in [-0.3, -0.25) is 4.79 Å². The van der Waals surface area contributed by atoms with Crippen LogP contribution in [0.15, 0.2) is 58.8 Å². The Labute approximate surface area is 178 Å². The fourth-order valence-electron chi connectivity index (χ4n) is 2.31. The van der Waals surface area contributed by atoms with Crippen LogP contribution in [0.4, 0.5) is 24.0 Å². The van der Waals surface area contributed by atoms with E-state index in [0.29, 0.717) is 5.02 Å². The molecule has 0 radical (unpaired) electrons. The van der Waals surface area contributed by atoms with Crippen molar-refractivity contribution in [3.8, 4) is 0 Å². The van der Waals surface area contributed by atoms with Crippen LogP contribution in [0.25, 0.3) is 0 Å². The van der Waals surface area contributed by atoms with Gasteiger partial charge in [-0.05, 0) is 48.7 Å². The number of aromatic nitrogens is 1. The van der Waals surface area contributed by atoms with Gasteiger partial charge in [0.05, 0.1) is 10.9 Å². The molecule has 1 amide bonds. The van der Waals surface area contributed by atoms with Gasteiger partial charge in [0.1, 0.15) is 0 Å². The van der Waals surface area contributed by atoms with E-state index < -0.39 is 23.7 Å². The predicted molar refractivity (Wildman–Crippen MR) is 112 cm³/mol. The maximum Gasteiger partial charge on any atom is 0.434 e. The van der Waals surface area contributed by atoms with Crippen LogP contribution in [0.2, 0.25) is 5.02 Å². The second-order valence-electron chi connectivity index (χ2n) is 6.00. The van der Waals surface area contributed by atoms with E-state index in [4.69, 9.17) is 11.6 Å². The van der Waals surface area contributed by atoms with E-state index in [1.165, 1.54) is 11.9 Å². The standard InChI is InChI=1S/C19H15ClF3N3OS2/c1-11(17(27)25-18-24-16(10-28-18)19(21,22)23)12-6-8-13(9-7-12)26-29-15-5-3-2-4-14(15)20/h2-11,26H,1H3,(H,24,25,27). The Balaban J connectivity index is 1.59. The Bertz CT molecular complexity index is 993. The average molecular weight is 458 g/mol. The highest BCUT2D eigenvalue weighted by Gasteiger charge is 2.34. The summed E-state index contributed by atoms with van der Waals surface area (Å²) in [4.78, 5) is 16.6. The molecule has 0 fully saturated rings. The largest absolute Gasteiger partial charge is 0.434 e. The first-order valence-electron chi connectivity index (χ1n) is 8.35. The Hall–Kier alpha value is -2.23. The molecule has 10 heteroatoms. The number of amides is 1. The highest BCUT2D eigenvalue weighted by molar-refractivity contribution is 8.00. The smallest absolute Gasteiger partial charge is 0.326 e. The molecule has 1 atom stereocenters. The van der Waals surface area contributed by atoms with Gasteiger partial charge in [0.25, 0.3) is 0 Å². The number of halogens is 4. The van der Waals surface area contributed by atoms with Gasteiger partial charge < -0.3 is 10.0 Å². The zero-order valence-electron chi connectivity index (χ0n) is 15.0. The van der Waals surface area contributed by atoms with Gasteiger partial charge in [0, 0.05) is 16.0 Å². The first-order valence-corrected chi connectivity index (χ1v) is 10.4. The quantitative estimate of drug-likeness (QED) is 0.405. The summed E-state index contributed by atoms with van der Waals surface area (Å²) in [6, 6.07) is 14.6. The number of nitrogens with zero attached hydrogens (tertiary/aromatic N) is 1. The van der Waals surface area contributed by atoms with Crippen molar-refractivity contribution in [1.82, 2.24) is 4.98 Å². The lowest BCUT2D eigenvalue weighted by Gasteiger charge is -2.12. The maximum absolute atomic E-state index is 12.6. The molecule has 0 aliphatic carbocycles. The summed E-state index contributed by atoms with van der Waals surface area (Å²) in [5.74, 6) is -0.988. The molecule has 0 saturated heterocycles. The first kappa shape index (κ1) is 21.5. The number of nitrogens with one attached hydrogen (secondary N) is 2. The van der Waals surface area contributed by atoms with Crippen molar-refractivity contribution < 1.29 is 18.0 Å². The van der Waals surface area contributed by atoms with Crippen molar-refractivity contribution in [2.24, 2.45) is 0 Å². The maximum atomic E-state index is 12.6.